The van der Waals surface area contributed by atoms with E-state index in [9.17, 15) is 0 Å². The van der Waals surface area contributed by atoms with E-state index < -0.39 is 0 Å². The van der Waals surface area contributed by atoms with Gasteiger partial charge in [-0.2, -0.15) is 5.10 Å². The highest BCUT2D eigenvalue weighted by molar-refractivity contribution is 6.30. The molecule has 0 aliphatic heterocycles. The van der Waals surface area contributed by atoms with E-state index in [2.05, 4.69) is 21.6 Å². The van der Waals surface area contributed by atoms with Gasteiger partial charge >= 0.3 is 0 Å². The first-order valence-corrected chi connectivity index (χ1v) is 6.61. The third kappa shape index (κ3) is 3.32. The number of nitrogens with zero attached hydrogens (tertiary/aromatic N) is 3. The summed E-state index contributed by atoms with van der Waals surface area (Å²) in [6.45, 7) is 4.84. The van der Waals surface area contributed by atoms with E-state index in [1.54, 1.807) is 6.33 Å². The summed E-state index contributed by atoms with van der Waals surface area (Å²) < 4.78 is 1.86. The van der Waals surface area contributed by atoms with Crippen LogP contribution in [0.4, 0.5) is 0 Å². The summed E-state index contributed by atoms with van der Waals surface area (Å²) in [5.74, 6) is 6.57. The third-order valence-electron chi connectivity index (χ3n) is 3.05. The van der Waals surface area contributed by atoms with Crippen LogP contribution < -0.4 is 11.3 Å². The van der Waals surface area contributed by atoms with Crippen LogP contribution in [0.2, 0.25) is 5.02 Å². The van der Waals surface area contributed by atoms with Crippen LogP contribution in [0, 0.1) is 6.92 Å². The molecule has 0 aliphatic rings. The standard InChI is InChI=1S/C13H18ClN5/c1-3-19-13(16-8-17-19)7-12(18-15)10-4-9(2)5-11(14)6-10/h4-6,8,12,18H,3,7,15H2,1-2H3. The van der Waals surface area contributed by atoms with Crippen molar-refractivity contribution in [2.24, 2.45) is 5.84 Å². The van der Waals surface area contributed by atoms with Gasteiger partial charge in [0.2, 0.25) is 0 Å². The minimum Gasteiger partial charge on any atom is -0.271 e. The van der Waals surface area contributed by atoms with Crippen LogP contribution in [0.3, 0.4) is 0 Å². The number of hydrazine groups is 1. The van der Waals surface area contributed by atoms with Crippen molar-refractivity contribution >= 4 is 11.6 Å². The molecule has 2 rings (SSSR count). The van der Waals surface area contributed by atoms with Gasteiger partial charge in [-0.25, -0.2) is 4.98 Å². The number of benzene rings is 1. The molecule has 1 aromatic heterocycles. The maximum absolute atomic E-state index is 6.09. The Morgan fingerprint density at radius 2 is 2.21 bits per heavy atom. The van der Waals surface area contributed by atoms with Crippen molar-refractivity contribution in [2.45, 2.75) is 32.9 Å². The molecule has 2 aromatic rings. The first-order valence-electron chi connectivity index (χ1n) is 6.24. The summed E-state index contributed by atoms with van der Waals surface area (Å²) in [5.41, 5.74) is 4.99. The molecule has 0 saturated heterocycles. The molecule has 1 aromatic carbocycles. The Labute approximate surface area is 117 Å². The van der Waals surface area contributed by atoms with Crippen LogP contribution in [0.25, 0.3) is 0 Å². The van der Waals surface area contributed by atoms with Gasteiger partial charge in [0.15, 0.2) is 0 Å². The van der Waals surface area contributed by atoms with Crippen molar-refractivity contribution in [1.29, 1.82) is 0 Å². The topological polar surface area (TPSA) is 68.8 Å². The molecule has 3 N–H and O–H groups in total. The highest BCUT2D eigenvalue weighted by Crippen LogP contribution is 2.22. The van der Waals surface area contributed by atoms with Gasteiger partial charge in [0.25, 0.3) is 0 Å². The molecule has 1 heterocycles. The number of hydrogen-bond donors (Lipinski definition) is 2. The minimum absolute atomic E-state index is 0.0353. The fourth-order valence-electron chi connectivity index (χ4n) is 2.13. The average Bonchev–Trinajstić information content (AvgIpc) is 2.81. The molecule has 1 unspecified atom stereocenters. The first kappa shape index (κ1) is 14.0. The molecule has 5 nitrogen and oxygen atoms in total. The fourth-order valence-corrected chi connectivity index (χ4v) is 2.43. The Hall–Kier alpha value is -1.43. The fraction of sp³-hybridized carbons (Fsp3) is 0.385. The number of nitrogens with two attached hydrogens (primary N) is 1. The summed E-state index contributed by atoms with van der Waals surface area (Å²) >= 11 is 6.09. The lowest BCUT2D eigenvalue weighted by molar-refractivity contribution is 0.510. The monoisotopic (exact) mass is 279 g/mol. The van der Waals surface area contributed by atoms with Crippen LogP contribution in [0.1, 0.15) is 29.9 Å². The average molecular weight is 280 g/mol. The molecule has 0 fully saturated rings. The number of hydrogen-bond acceptors (Lipinski definition) is 4. The lowest BCUT2D eigenvalue weighted by atomic mass is 10.0. The van der Waals surface area contributed by atoms with E-state index >= 15 is 0 Å². The van der Waals surface area contributed by atoms with Gasteiger partial charge in [-0.1, -0.05) is 17.7 Å². The summed E-state index contributed by atoms with van der Waals surface area (Å²) in [7, 11) is 0. The Morgan fingerprint density at radius 3 is 2.84 bits per heavy atom. The lowest BCUT2D eigenvalue weighted by Gasteiger charge is -2.17. The maximum atomic E-state index is 6.09. The van der Waals surface area contributed by atoms with E-state index in [0.29, 0.717) is 11.4 Å². The van der Waals surface area contributed by atoms with Crippen LogP contribution in [-0.2, 0) is 13.0 Å². The molecule has 0 bridgehead atoms. The second kappa shape index (κ2) is 6.14. The number of halogens is 1. The van der Waals surface area contributed by atoms with E-state index in [1.807, 2.05) is 30.7 Å². The maximum Gasteiger partial charge on any atom is 0.138 e. The van der Waals surface area contributed by atoms with Crippen molar-refractivity contribution in [3.05, 3.63) is 46.5 Å². The van der Waals surface area contributed by atoms with E-state index in [-0.39, 0.29) is 6.04 Å². The quantitative estimate of drug-likeness (QED) is 0.649. The Bertz CT molecular complexity index is 531. The zero-order chi connectivity index (χ0) is 13.8. The molecule has 102 valence electrons. The molecule has 0 amide bonds. The van der Waals surface area contributed by atoms with Crippen LogP contribution in [-0.4, -0.2) is 14.8 Å². The van der Waals surface area contributed by atoms with Gasteiger partial charge < -0.3 is 0 Å². The molecule has 0 aliphatic carbocycles. The molecule has 0 saturated carbocycles. The highest BCUT2D eigenvalue weighted by Gasteiger charge is 2.15. The van der Waals surface area contributed by atoms with E-state index in [4.69, 9.17) is 17.4 Å². The Kier molecular flexibility index (Phi) is 4.52. The van der Waals surface area contributed by atoms with E-state index in [1.165, 1.54) is 0 Å². The second-order valence-electron chi connectivity index (χ2n) is 4.48. The molecule has 0 spiro atoms. The van der Waals surface area contributed by atoms with Gasteiger partial charge in [-0.3, -0.25) is 16.0 Å². The highest BCUT2D eigenvalue weighted by atomic mass is 35.5. The Balaban J connectivity index is 2.25. The van der Waals surface area contributed by atoms with Crippen molar-refractivity contribution < 1.29 is 0 Å². The normalized spacial score (nSPS) is 12.6. The number of nitrogens with one attached hydrogen (secondary N) is 1. The largest absolute Gasteiger partial charge is 0.271 e. The van der Waals surface area contributed by atoms with E-state index in [0.717, 1.165) is 23.5 Å². The minimum atomic E-state index is -0.0353. The van der Waals surface area contributed by atoms with Crippen molar-refractivity contribution in [2.75, 3.05) is 0 Å². The summed E-state index contributed by atoms with van der Waals surface area (Å²) in [6.07, 6.45) is 2.24. The molecular weight excluding hydrogens is 262 g/mol. The molecule has 1 atom stereocenters. The summed E-state index contributed by atoms with van der Waals surface area (Å²) in [6, 6.07) is 5.88. The Morgan fingerprint density at radius 1 is 1.42 bits per heavy atom. The zero-order valence-corrected chi connectivity index (χ0v) is 11.9. The number of rotatable bonds is 5. The van der Waals surface area contributed by atoms with Gasteiger partial charge in [0.1, 0.15) is 12.2 Å². The third-order valence-corrected chi connectivity index (χ3v) is 3.27. The van der Waals surface area contributed by atoms with Crippen molar-refractivity contribution in [1.82, 2.24) is 20.2 Å². The summed E-state index contributed by atoms with van der Waals surface area (Å²) in [5, 5.41) is 4.88. The van der Waals surface area contributed by atoms with Crippen molar-refractivity contribution in [3.63, 3.8) is 0 Å². The first-order chi connectivity index (χ1) is 9.13. The number of aromatic nitrogens is 3. The van der Waals surface area contributed by atoms with Crippen LogP contribution >= 0.6 is 11.6 Å². The smallest absolute Gasteiger partial charge is 0.138 e. The molecule has 6 heteroatoms. The lowest BCUT2D eigenvalue weighted by Crippen LogP contribution is -2.30. The second-order valence-corrected chi connectivity index (χ2v) is 4.91. The van der Waals surface area contributed by atoms with Crippen LogP contribution in [0.5, 0.6) is 0 Å². The summed E-state index contributed by atoms with van der Waals surface area (Å²) in [4.78, 5) is 4.27. The molecule has 0 radical (unpaired) electrons. The predicted octanol–water partition coefficient (Wildman–Crippen LogP) is 2.01. The van der Waals surface area contributed by atoms with Gasteiger partial charge in [-0.15, -0.1) is 0 Å². The predicted molar refractivity (Wildman–Crippen MR) is 75.7 cm³/mol. The number of aryl methyl sites for hydroxylation is 2. The van der Waals surface area contributed by atoms with Gasteiger partial charge in [0.05, 0.1) is 6.04 Å². The zero-order valence-electron chi connectivity index (χ0n) is 11.1. The van der Waals surface area contributed by atoms with Crippen LogP contribution in [0.15, 0.2) is 24.5 Å². The van der Waals surface area contributed by atoms with Gasteiger partial charge in [-0.05, 0) is 37.1 Å². The molecular formula is C13H18ClN5. The van der Waals surface area contributed by atoms with Crippen molar-refractivity contribution in [3.8, 4) is 0 Å². The van der Waals surface area contributed by atoms with Gasteiger partial charge in [0, 0.05) is 18.0 Å². The SMILES string of the molecule is CCn1ncnc1CC(NN)c1cc(C)cc(Cl)c1. The molecule has 19 heavy (non-hydrogen) atoms.